The van der Waals surface area contributed by atoms with Crippen LogP contribution in [0.25, 0.3) is 0 Å². The molecule has 9 unspecified atom stereocenters. The largest absolute Gasteiger partial charge is 0.393 e. The van der Waals surface area contributed by atoms with Crippen LogP contribution in [0.5, 0.6) is 0 Å². The number of hydrogen-bond donors (Lipinski definition) is 1. The van der Waals surface area contributed by atoms with Gasteiger partial charge in [0.25, 0.3) is 0 Å². The quantitative estimate of drug-likeness (QED) is 0.485. The Hall–Kier alpha value is -0.300. The number of aliphatic hydroxyl groups is 1. The monoisotopic (exact) mass is 398 g/mol. The van der Waals surface area contributed by atoms with Crippen molar-refractivity contribution < 1.29 is 5.11 Å². The molecule has 1 heteroatoms. The first-order valence-corrected chi connectivity index (χ1v) is 13.0. The van der Waals surface area contributed by atoms with E-state index >= 15 is 0 Å². The van der Waals surface area contributed by atoms with E-state index < -0.39 is 0 Å². The highest BCUT2D eigenvalue weighted by Gasteiger charge is 2.80. The smallest absolute Gasteiger partial charge is 0.0543 e. The molecule has 0 heterocycles. The maximum atomic E-state index is 10.3. The third-order valence-corrected chi connectivity index (χ3v) is 12.0. The van der Waals surface area contributed by atoms with Crippen molar-refractivity contribution in [2.24, 2.45) is 45.3 Å². The maximum Gasteiger partial charge on any atom is 0.0543 e. The molecule has 5 saturated carbocycles. The SMILES string of the molecule is CC(C)=CCCC(C)C1CCC2(C)C3CCC4CC(O)CCC45CC35CCC12C. The Morgan fingerprint density at radius 2 is 1.76 bits per heavy atom. The summed E-state index contributed by atoms with van der Waals surface area (Å²) in [4.78, 5) is 0. The van der Waals surface area contributed by atoms with Gasteiger partial charge in [-0.1, -0.05) is 32.4 Å². The van der Waals surface area contributed by atoms with Gasteiger partial charge in [0.15, 0.2) is 0 Å². The van der Waals surface area contributed by atoms with Crippen LogP contribution in [0.15, 0.2) is 11.6 Å². The Kier molecular flexibility index (Phi) is 4.69. The molecule has 0 saturated heterocycles. The van der Waals surface area contributed by atoms with Crippen LogP contribution in [0.1, 0.15) is 112 Å². The summed E-state index contributed by atoms with van der Waals surface area (Å²) in [6.45, 7) is 12.5. The van der Waals surface area contributed by atoms with E-state index in [4.69, 9.17) is 0 Å². The van der Waals surface area contributed by atoms with Crippen molar-refractivity contribution in [3.05, 3.63) is 11.6 Å². The molecule has 0 aromatic carbocycles. The second-order valence-corrected chi connectivity index (χ2v) is 13.1. The Bertz CT molecular complexity index is 690. The molecule has 5 fully saturated rings. The lowest BCUT2D eigenvalue weighted by Crippen LogP contribution is -2.55. The molecule has 0 aromatic heterocycles. The minimum Gasteiger partial charge on any atom is -0.393 e. The Labute approximate surface area is 180 Å². The summed E-state index contributed by atoms with van der Waals surface area (Å²) in [7, 11) is 0. The van der Waals surface area contributed by atoms with Crippen molar-refractivity contribution in [2.45, 2.75) is 118 Å². The first-order valence-electron chi connectivity index (χ1n) is 13.0. The van der Waals surface area contributed by atoms with Crippen LogP contribution in [0.4, 0.5) is 0 Å². The normalized spacial score (nSPS) is 53.9. The summed E-state index contributed by atoms with van der Waals surface area (Å²) < 4.78 is 0. The fourth-order valence-electron chi connectivity index (χ4n) is 10.4. The first-order chi connectivity index (χ1) is 13.7. The summed E-state index contributed by atoms with van der Waals surface area (Å²) in [6, 6.07) is 0. The van der Waals surface area contributed by atoms with E-state index in [1.54, 1.807) is 0 Å². The number of rotatable bonds is 4. The predicted molar refractivity (Wildman–Crippen MR) is 122 cm³/mol. The van der Waals surface area contributed by atoms with Gasteiger partial charge in [-0.3, -0.25) is 0 Å². The average Bonchev–Trinajstić information content (AvgIpc) is 3.24. The number of fused-ring (bicyclic) bond motifs is 2. The van der Waals surface area contributed by atoms with Crippen LogP contribution in [-0.4, -0.2) is 11.2 Å². The standard InChI is InChI=1S/C28H46O/c1-19(2)7-6-8-20(3)23-12-13-26(5)24-10-9-21-17-22(29)11-14-27(21)18-28(24,27)16-15-25(23,26)4/h7,20-24,29H,6,8-18H2,1-5H3. The van der Waals surface area contributed by atoms with Gasteiger partial charge in [-0.05, 0) is 136 Å². The van der Waals surface area contributed by atoms with Gasteiger partial charge in [-0.25, -0.2) is 0 Å². The fourth-order valence-corrected chi connectivity index (χ4v) is 10.4. The Morgan fingerprint density at radius 3 is 2.52 bits per heavy atom. The van der Waals surface area contributed by atoms with Crippen LogP contribution >= 0.6 is 0 Å². The molecular weight excluding hydrogens is 352 g/mol. The van der Waals surface area contributed by atoms with Crippen LogP contribution in [-0.2, 0) is 0 Å². The van der Waals surface area contributed by atoms with Gasteiger partial charge in [-0.15, -0.1) is 0 Å². The van der Waals surface area contributed by atoms with Crippen molar-refractivity contribution in [3.63, 3.8) is 0 Å². The second kappa shape index (κ2) is 6.60. The van der Waals surface area contributed by atoms with E-state index in [1.807, 2.05) is 0 Å². The topological polar surface area (TPSA) is 20.2 Å². The summed E-state index contributed by atoms with van der Waals surface area (Å²) in [5, 5.41) is 10.3. The van der Waals surface area contributed by atoms with Gasteiger partial charge in [0.1, 0.15) is 0 Å². The highest BCUT2D eigenvalue weighted by molar-refractivity contribution is 5.29. The molecule has 0 aliphatic heterocycles. The molecule has 5 rings (SSSR count). The highest BCUT2D eigenvalue weighted by atomic mass is 16.3. The number of hydrogen-bond acceptors (Lipinski definition) is 1. The highest BCUT2D eigenvalue weighted by Crippen LogP contribution is 2.87. The number of aliphatic hydroxyl groups excluding tert-OH is 1. The molecule has 2 spiro atoms. The molecule has 0 bridgehead atoms. The molecule has 29 heavy (non-hydrogen) atoms. The molecule has 5 aliphatic rings. The zero-order valence-corrected chi connectivity index (χ0v) is 19.9. The van der Waals surface area contributed by atoms with E-state index in [-0.39, 0.29) is 6.10 Å². The van der Waals surface area contributed by atoms with Gasteiger partial charge < -0.3 is 5.11 Å². The molecule has 5 aliphatic carbocycles. The summed E-state index contributed by atoms with van der Waals surface area (Å²) in [6.07, 6.45) is 19.0. The average molecular weight is 399 g/mol. The molecule has 1 N–H and O–H groups in total. The van der Waals surface area contributed by atoms with E-state index in [2.05, 4.69) is 40.7 Å². The van der Waals surface area contributed by atoms with Crippen LogP contribution in [0.2, 0.25) is 0 Å². The molecule has 1 nitrogen and oxygen atoms in total. The minimum absolute atomic E-state index is 0.00165. The fraction of sp³-hybridized carbons (Fsp3) is 0.929. The predicted octanol–water partition coefficient (Wildman–Crippen LogP) is 7.53. The van der Waals surface area contributed by atoms with Gasteiger partial charge in [0, 0.05) is 0 Å². The van der Waals surface area contributed by atoms with E-state index in [0.717, 1.165) is 36.5 Å². The Balaban J connectivity index is 1.38. The van der Waals surface area contributed by atoms with E-state index in [9.17, 15) is 5.11 Å². The summed E-state index contributed by atoms with van der Waals surface area (Å²) >= 11 is 0. The number of allylic oxidation sites excluding steroid dienone is 2. The van der Waals surface area contributed by atoms with Crippen molar-refractivity contribution in [1.82, 2.24) is 0 Å². The molecule has 0 amide bonds. The summed E-state index contributed by atoms with van der Waals surface area (Å²) in [5.41, 5.74) is 3.91. The molecule has 164 valence electrons. The van der Waals surface area contributed by atoms with Crippen molar-refractivity contribution in [2.75, 3.05) is 0 Å². The lowest BCUT2D eigenvalue weighted by molar-refractivity contribution is -0.133. The van der Waals surface area contributed by atoms with Crippen LogP contribution in [0, 0.1) is 45.3 Å². The van der Waals surface area contributed by atoms with Crippen LogP contribution < -0.4 is 0 Å². The summed E-state index contributed by atoms with van der Waals surface area (Å²) in [5.74, 6) is 3.60. The zero-order chi connectivity index (χ0) is 20.7. The third kappa shape index (κ3) is 2.61. The first kappa shape index (κ1) is 20.6. The van der Waals surface area contributed by atoms with Gasteiger partial charge in [0.05, 0.1) is 6.10 Å². The lowest BCUT2D eigenvalue weighted by atomic mass is 9.43. The maximum absolute atomic E-state index is 10.3. The van der Waals surface area contributed by atoms with E-state index in [0.29, 0.717) is 21.7 Å². The van der Waals surface area contributed by atoms with Crippen molar-refractivity contribution in [3.8, 4) is 0 Å². The lowest BCUT2D eigenvalue weighted by Gasteiger charge is -2.61. The van der Waals surface area contributed by atoms with Gasteiger partial charge in [0.2, 0.25) is 0 Å². The molecule has 0 aromatic rings. The van der Waals surface area contributed by atoms with Crippen molar-refractivity contribution in [1.29, 1.82) is 0 Å². The molecule has 0 radical (unpaired) electrons. The zero-order valence-electron chi connectivity index (χ0n) is 19.9. The molecular formula is C28H46O. The van der Waals surface area contributed by atoms with E-state index in [1.165, 1.54) is 69.8 Å². The third-order valence-electron chi connectivity index (χ3n) is 12.0. The Morgan fingerprint density at radius 1 is 0.966 bits per heavy atom. The van der Waals surface area contributed by atoms with Crippen LogP contribution in [0.3, 0.4) is 0 Å². The van der Waals surface area contributed by atoms with Gasteiger partial charge in [-0.2, -0.15) is 0 Å². The van der Waals surface area contributed by atoms with Gasteiger partial charge >= 0.3 is 0 Å². The van der Waals surface area contributed by atoms with Crippen molar-refractivity contribution >= 4 is 0 Å². The molecule has 9 atom stereocenters. The second-order valence-electron chi connectivity index (χ2n) is 13.1. The minimum atomic E-state index is 0.00165.